The molecule has 0 spiro atoms. The summed E-state index contributed by atoms with van der Waals surface area (Å²) in [7, 11) is 0. The van der Waals surface area contributed by atoms with Crippen LogP contribution in [0.2, 0.25) is 0 Å². The summed E-state index contributed by atoms with van der Waals surface area (Å²) in [5, 5.41) is 8.96. The van der Waals surface area contributed by atoms with Gasteiger partial charge in [0.25, 0.3) is 0 Å². The topological polar surface area (TPSA) is 53.4 Å². The van der Waals surface area contributed by atoms with Crippen LogP contribution in [0.25, 0.3) is 0 Å². The molecular formula is C10H13ClN2O2. The normalized spacial score (nSPS) is 14.8. The molecule has 15 heavy (non-hydrogen) atoms. The van der Waals surface area contributed by atoms with Crippen molar-refractivity contribution < 1.29 is 9.90 Å². The zero-order valence-corrected chi connectivity index (χ0v) is 9.04. The van der Waals surface area contributed by atoms with Crippen LogP contribution >= 0.6 is 12.4 Å². The Morgan fingerprint density at radius 1 is 1.40 bits per heavy atom. The Kier molecular flexibility index (Phi) is 3.91. The molecule has 0 aromatic carbocycles. The largest absolute Gasteiger partial charge is 0.478 e. The summed E-state index contributed by atoms with van der Waals surface area (Å²) < 4.78 is 0. The number of hydrogen-bond acceptors (Lipinski definition) is 3. The van der Waals surface area contributed by atoms with Crippen LogP contribution in [0.15, 0.2) is 18.3 Å². The van der Waals surface area contributed by atoms with Gasteiger partial charge in [0.15, 0.2) is 0 Å². The molecule has 1 aliphatic rings. The lowest BCUT2D eigenvalue weighted by Crippen LogP contribution is -2.21. The van der Waals surface area contributed by atoms with Crippen molar-refractivity contribution in [1.29, 1.82) is 0 Å². The Labute approximate surface area is 94.3 Å². The molecule has 4 nitrogen and oxygen atoms in total. The molecule has 0 unspecified atom stereocenters. The van der Waals surface area contributed by atoms with Gasteiger partial charge < -0.3 is 10.0 Å². The molecule has 2 rings (SSSR count). The highest BCUT2D eigenvalue weighted by atomic mass is 35.5. The molecule has 0 radical (unpaired) electrons. The van der Waals surface area contributed by atoms with Crippen LogP contribution in [0.1, 0.15) is 23.2 Å². The Morgan fingerprint density at radius 3 is 2.67 bits per heavy atom. The molecule has 0 bridgehead atoms. The van der Waals surface area contributed by atoms with E-state index in [9.17, 15) is 4.79 Å². The monoisotopic (exact) mass is 228 g/mol. The molecule has 82 valence electrons. The Balaban J connectivity index is 0.00000112. The number of pyridine rings is 1. The number of hydrogen-bond donors (Lipinski definition) is 1. The molecule has 1 aliphatic heterocycles. The van der Waals surface area contributed by atoms with Gasteiger partial charge in [-0.1, -0.05) is 0 Å². The second kappa shape index (κ2) is 4.98. The van der Waals surface area contributed by atoms with Crippen molar-refractivity contribution in [1.82, 2.24) is 4.98 Å². The first-order chi connectivity index (χ1) is 6.79. The number of halogens is 1. The van der Waals surface area contributed by atoms with Gasteiger partial charge in [0, 0.05) is 19.3 Å². The zero-order chi connectivity index (χ0) is 9.97. The van der Waals surface area contributed by atoms with Crippen molar-refractivity contribution in [3.05, 3.63) is 23.9 Å². The summed E-state index contributed by atoms with van der Waals surface area (Å²) in [5.41, 5.74) is 0.300. The number of carboxylic acids is 1. The van der Waals surface area contributed by atoms with Crippen LogP contribution in [0, 0.1) is 0 Å². The van der Waals surface area contributed by atoms with E-state index in [2.05, 4.69) is 4.98 Å². The van der Waals surface area contributed by atoms with Gasteiger partial charge in [0.1, 0.15) is 11.4 Å². The van der Waals surface area contributed by atoms with E-state index in [4.69, 9.17) is 5.11 Å². The maximum absolute atomic E-state index is 10.9. The lowest BCUT2D eigenvalue weighted by molar-refractivity contribution is 0.0697. The van der Waals surface area contributed by atoms with Gasteiger partial charge in [0.05, 0.1) is 0 Å². The zero-order valence-electron chi connectivity index (χ0n) is 8.22. The van der Waals surface area contributed by atoms with E-state index in [1.807, 2.05) is 4.90 Å². The minimum absolute atomic E-state index is 0. The molecule has 1 aromatic rings. The first-order valence-corrected chi connectivity index (χ1v) is 4.72. The number of aromatic carboxylic acids is 1. The summed E-state index contributed by atoms with van der Waals surface area (Å²) in [5.74, 6) is -0.294. The first kappa shape index (κ1) is 11.8. The van der Waals surface area contributed by atoms with Crippen molar-refractivity contribution in [2.24, 2.45) is 0 Å². The van der Waals surface area contributed by atoms with Crippen molar-refractivity contribution in [2.45, 2.75) is 12.8 Å². The van der Waals surface area contributed by atoms with Crippen LogP contribution < -0.4 is 4.90 Å². The predicted octanol–water partition coefficient (Wildman–Crippen LogP) is 1.80. The molecule has 1 N–H and O–H groups in total. The average molecular weight is 229 g/mol. The average Bonchev–Trinajstić information content (AvgIpc) is 2.70. The van der Waals surface area contributed by atoms with Gasteiger partial charge in [0.2, 0.25) is 0 Å². The summed E-state index contributed by atoms with van der Waals surface area (Å²) >= 11 is 0. The molecule has 1 saturated heterocycles. The highest BCUT2D eigenvalue weighted by molar-refractivity contribution is 5.93. The van der Waals surface area contributed by atoms with Gasteiger partial charge in [-0.2, -0.15) is 0 Å². The maximum atomic E-state index is 10.9. The number of nitrogens with zero attached hydrogens (tertiary/aromatic N) is 2. The fourth-order valence-electron chi connectivity index (χ4n) is 1.74. The minimum atomic E-state index is -0.903. The van der Waals surface area contributed by atoms with Gasteiger partial charge in [-0.15, -0.1) is 12.4 Å². The van der Waals surface area contributed by atoms with E-state index < -0.39 is 5.97 Å². The summed E-state index contributed by atoms with van der Waals surface area (Å²) in [6.07, 6.45) is 3.88. The molecule has 1 aromatic heterocycles. The standard InChI is InChI=1S/C10H12N2O2.ClH/c13-10(14)8-4-3-5-11-9(8)12-6-1-2-7-12;/h3-5H,1-2,6-7H2,(H,13,14);1H. The Bertz CT molecular complexity index is 351. The molecule has 0 aliphatic carbocycles. The number of carbonyl (C=O) groups is 1. The molecule has 0 atom stereocenters. The summed E-state index contributed by atoms with van der Waals surface area (Å²) in [4.78, 5) is 17.1. The first-order valence-electron chi connectivity index (χ1n) is 4.72. The van der Waals surface area contributed by atoms with Gasteiger partial charge >= 0.3 is 5.97 Å². The highest BCUT2D eigenvalue weighted by Gasteiger charge is 2.19. The molecule has 2 heterocycles. The third-order valence-electron chi connectivity index (χ3n) is 2.42. The van der Waals surface area contributed by atoms with E-state index in [0.29, 0.717) is 11.4 Å². The third-order valence-corrected chi connectivity index (χ3v) is 2.42. The molecule has 1 fully saturated rings. The van der Waals surface area contributed by atoms with Crippen LogP contribution in [0.3, 0.4) is 0 Å². The molecular weight excluding hydrogens is 216 g/mol. The van der Waals surface area contributed by atoms with E-state index in [1.54, 1.807) is 18.3 Å². The third kappa shape index (κ3) is 2.39. The lowest BCUT2D eigenvalue weighted by atomic mass is 10.2. The molecule has 0 amide bonds. The van der Waals surface area contributed by atoms with E-state index in [0.717, 1.165) is 25.9 Å². The van der Waals surface area contributed by atoms with Crippen LogP contribution in [-0.4, -0.2) is 29.1 Å². The van der Waals surface area contributed by atoms with Crippen LogP contribution in [0.4, 0.5) is 5.82 Å². The summed E-state index contributed by atoms with van der Waals surface area (Å²) in [6, 6.07) is 3.26. The smallest absolute Gasteiger partial charge is 0.339 e. The second-order valence-electron chi connectivity index (χ2n) is 3.37. The summed E-state index contributed by atoms with van der Waals surface area (Å²) in [6.45, 7) is 1.83. The number of aromatic nitrogens is 1. The van der Waals surface area contributed by atoms with Gasteiger partial charge in [-0.3, -0.25) is 0 Å². The fourth-order valence-corrected chi connectivity index (χ4v) is 1.74. The fraction of sp³-hybridized carbons (Fsp3) is 0.400. The number of carboxylic acid groups (broad SMARTS) is 1. The Morgan fingerprint density at radius 2 is 2.07 bits per heavy atom. The van der Waals surface area contributed by atoms with Crippen LogP contribution in [-0.2, 0) is 0 Å². The van der Waals surface area contributed by atoms with Crippen molar-refractivity contribution in [3.8, 4) is 0 Å². The second-order valence-corrected chi connectivity index (χ2v) is 3.37. The SMILES string of the molecule is Cl.O=C(O)c1cccnc1N1CCCC1. The Hall–Kier alpha value is -1.29. The highest BCUT2D eigenvalue weighted by Crippen LogP contribution is 2.21. The van der Waals surface area contributed by atoms with E-state index in [-0.39, 0.29) is 12.4 Å². The van der Waals surface area contributed by atoms with Gasteiger partial charge in [-0.25, -0.2) is 9.78 Å². The van der Waals surface area contributed by atoms with Gasteiger partial charge in [-0.05, 0) is 25.0 Å². The van der Waals surface area contributed by atoms with Crippen molar-refractivity contribution in [2.75, 3.05) is 18.0 Å². The van der Waals surface area contributed by atoms with E-state index in [1.165, 1.54) is 0 Å². The maximum Gasteiger partial charge on any atom is 0.339 e. The van der Waals surface area contributed by atoms with Crippen LogP contribution in [0.5, 0.6) is 0 Å². The van der Waals surface area contributed by atoms with Crippen molar-refractivity contribution >= 4 is 24.2 Å². The molecule has 0 saturated carbocycles. The van der Waals surface area contributed by atoms with E-state index >= 15 is 0 Å². The number of anilines is 1. The molecule has 5 heteroatoms. The quantitative estimate of drug-likeness (QED) is 0.839. The lowest BCUT2D eigenvalue weighted by Gasteiger charge is -2.17. The minimum Gasteiger partial charge on any atom is -0.478 e. The predicted molar refractivity (Wildman–Crippen MR) is 59.9 cm³/mol. The number of rotatable bonds is 2. The van der Waals surface area contributed by atoms with Crippen molar-refractivity contribution in [3.63, 3.8) is 0 Å².